The molecule has 0 aliphatic carbocycles. The Kier molecular flexibility index (Phi) is 3.28. The van der Waals surface area contributed by atoms with Crippen molar-refractivity contribution in [3.05, 3.63) is 71.8 Å². The number of halogens is 1. The van der Waals surface area contributed by atoms with Gasteiger partial charge in [0.05, 0.1) is 16.6 Å². The highest BCUT2D eigenvalue weighted by Gasteiger charge is 2.13. The third kappa shape index (κ3) is 2.45. The monoisotopic (exact) mass is 320 g/mol. The van der Waals surface area contributed by atoms with Crippen LogP contribution < -0.4 is 0 Å². The van der Waals surface area contributed by atoms with Crippen LogP contribution in [0, 0.1) is 0 Å². The van der Waals surface area contributed by atoms with Crippen LogP contribution in [0.4, 0.5) is 0 Å². The number of phenols is 1. The maximum absolute atomic E-state index is 10.7. The number of aromatic amines is 1. The van der Waals surface area contributed by atoms with Crippen LogP contribution in [0.1, 0.15) is 0 Å². The number of nitrogens with zero attached hydrogens (tertiary/aromatic N) is 1. The predicted octanol–water partition coefficient (Wildman–Crippen LogP) is 5.26. The van der Waals surface area contributed by atoms with Crippen molar-refractivity contribution in [1.29, 1.82) is 0 Å². The number of rotatable bonds is 2. The Balaban J connectivity index is 1.88. The van der Waals surface area contributed by atoms with E-state index in [0.29, 0.717) is 16.4 Å². The Bertz CT molecular complexity index is 993. The minimum Gasteiger partial charge on any atom is -0.507 e. The topological polar surface area (TPSA) is 48.9 Å². The normalized spacial score (nSPS) is 11.0. The van der Waals surface area contributed by atoms with Crippen molar-refractivity contribution in [3.63, 3.8) is 0 Å². The largest absolute Gasteiger partial charge is 0.507 e. The molecule has 3 aromatic carbocycles. The Morgan fingerprint density at radius 2 is 1.65 bits per heavy atom. The lowest BCUT2D eigenvalue weighted by atomic mass is 10.0. The molecule has 0 aliphatic heterocycles. The van der Waals surface area contributed by atoms with Crippen LogP contribution in [-0.4, -0.2) is 15.1 Å². The molecule has 0 unspecified atom stereocenters. The fourth-order valence-electron chi connectivity index (χ4n) is 2.69. The molecule has 4 rings (SSSR count). The predicted molar refractivity (Wildman–Crippen MR) is 93.6 cm³/mol. The molecule has 112 valence electrons. The lowest BCUT2D eigenvalue weighted by Crippen LogP contribution is -1.85. The smallest absolute Gasteiger partial charge is 0.142 e. The maximum atomic E-state index is 10.7. The first-order valence-electron chi connectivity index (χ1n) is 7.25. The highest BCUT2D eigenvalue weighted by Crippen LogP contribution is 2.37. The minimum absolute atomic E-state index is 0.212. The Hall–Kier alpha value is -2.78. The summed E-state index contributed by atoms with van der Waals surface area (Å²) in [6, 6.07) is 20.9. The van der Waals surface area contributed by atoms with Gasteiger partial charge in [0.1, 0.15) is 11.6 Å². The van der Waals surface area contributed by atoms with Gasteiger partial charge in [-0.3, -0.25) is 0 Å². The number of para-hydroxylation sites is 1. The van der Waals surface area contributed by atoms with Crippen molar-refractivity contribution >= 4 is 22.6 Å². The molecule has 4 aromatic rings. The third-order valence-electron chi connectivity index (χ3n) is 3.82. The number of nitrogens with one attached hydrogen (secondary N) is 1. The van der Waals surface area contributed by atoms with Gasteiger partial charge < -0.3 is 10.1 Å². The van der Waals surface area contributed by atoms with Crippen LogP contribution in [0.25, 0.3) is 33.5 Å². The van der Waals surface area contributed by atoms with Crippen molar-refractivity contribution in [2.45, 2.75) is 0 Å². The van der Waals surface area contributed by atoms with E-state index in [9.17, 15) is 5.11 Å². The summed E-state index contributed by atoms with van der Waals surface area (Å²) in [5, 5.41) is 11.3. The number of aromatic nitrogens is 2. The van der Waals surface area contributed by atoms with Gasteiger partial charge in [0, 0.05) is 10.6 Å². The molecule has 0 spiro atoms. The Morgan fingerprint density at radius 1 is 0.870 bits per heavy atom. The summed E-state index contributed by atoms with van der Waals surface area (Å²) in [6.07, 6.45) is 0. The fourth-order valence-corrected chi connectivity index (χ4v) is 2.87. The van der Waals surface area contributed by atoms with Crippen LogP contribution in [0.5, 0.6) is 5.75 Å². The van der Waals surface area contributed by atoms with Crippen LogP contribution >= 0.6 is 11.6 Å². The van der Waals surface area contributed by atoms with Gasteiger partial charge in [0.15, 0.2) is 0 Å². The zero-order valence-corrected chi connectivity index (χ0v) is 12.9. The maximum Gasteiger partial charge on any atom is 0.142 e. The number of fused-ring (bicyclic) bond motifs is 1. The van der Waals surface area contributed by atoms with Crippen LogP contribution in [-0.2, 0) is 0 Å². The number of phenolic OH excluding ortho intramolecular Hbond substituents is 1. The zero-order chi connectivity index (χ0) is 15.8. The van der Waals surface area contributed by atoms with Gasteiger partial charge in [-0.15, -0.1) is 0 Å². The Morgan fingerprint density at radius 3 is 2.48 bits per heavy atom. The zero-order valence-electron chi connectivity index (χ0n) is 12.1. The average molecular weight is 321 g/mol. The summed E-state index contributed by atoms with van der Waals surface area (Å²) >= 11 is 6.01. The standard InChI is InChI=1S/C19H13ClN2O/c20-13-9-10-16-17(11-13)22-19(21-16)15-8-4-7-14(18(15)23)12-5-2-1-3-6-12/h1-11,23H,(H,21,22). The summed E-state index contributed by atoms with van der Waals surface area (Å²) in [6.45, 7) is 0. The van der Waals surface area contributed by atoms with Gasteiger partial charge in [-0.1, -0.05) is 54.1 Å². The summed E-state index contributed by atoms with van der Waals surface area (Å²) in [5.41, 5.74) is 4.07. The number of aromatic hydroxyl groups is 1. The molecule has 1 heterocycles. The number of benzene rings is 3. The quantitative estimate of drug-likeness (QED) is 0.529. The molecule has 3 nitrogen and oxygen atoms in total. The summed E-state index contributed by atoms with van der Waals surface area (Å²) in [4.78, 5) is 7.76. The Labute approximate surface area is 138 Å². The van der Waals surface area contributed by atoms with Gasteiger partial charge in [-0.05, 0) is 29.8 Å². The highest BCUT2D eigenvalue weighted by atomic mass is 35.5. The van der Waals surface area contributed by atoms with Crippen molar-refractivity contribution in [2.75, 3.05) is 0 Å². The van der Waals surface area contributed by atoms with Gasteiger partial charge in [0.2, 0.25) is 0 Å². The molecule has 0 saturated heterocycles. The van der Waals surface area contributed by atoms with E-state index >= 15 is 0 Å². The van der Waals surface area contributed by atoms with Crippen molar-refractivity contribution < 1.29 is 5.11 Å². The molecule has 0 atom stereocenters. The molecule has 2 N–H and O–H groups in total. The highest BCUT2D eigenvalue weighted by molar-refractivity contribution is 6.31. The van der Waals surface area contributed by atoms with E-state index in [4.69, 9.17) is 11.6 Å². The van der Waals surface area contributed by atoms with E-state index in [1.165, 1.54) is 0 Å². The second-order valence-electron chi connectivity index (χ2n) is 5.31. The molecule has 1 aromatic heterocycles. The van der Waals surface area contributed by atoms with E-state index in [1.54, 1.807) is 6.07 Å². The number of hydrogen-bond donors (Lipinski definition) is 2. The first kappa shape index (κ1) is 13.9. The molecule has 0 saturated carbocycles. The second kappa shape index (κ2) is 5.45. The average Bonchev–Trinajstić information content (AvgIpc) is 2.98. The molecule has 0 bridgehead atoms. The van der Waals surface area contributed by atoms with E-state index in [0.717, 1.165) is 22.2 Å². The summed E-state index contributed by atoms with van der Waals surface area (Å²) < 4.78 is 0. The van der Waals surface area contributed by atoms with Crippen molar-refractivity contribution in [1.82, 2.24) is 9.97 Å². The van der Waals surface area contributed by atoms with E-state index in [-0.39, 0.29) is 5.75 Å². The fraction of sp³-hybridized carbons (Fsp3) is 0. The van der Waals surface area contributed by atoms with Gasteiger partial charge >= 0.3 is 0 Å². The molecule has 23 heavy (non-hydrogen) atoms. The third-order valence-corrected chi connectivity index (χ3v) is 4.05. The molecule has 0 radical (unpaired) electrons. The molecule has 4 heteroatoms. The van der Waals surface area contributed by atoms with E-state index in [2.05, 4.69) is 9.97 Å². The lowest BCUT2D eigenvalue weighted by Gasteiger charge is -2.08. The van der Waals surface area contributed by atoms with Gasteiger partial charge in [-0.2, -0.15) is 0 Å². The molecule has 0 fully saturated rings. The summed E-state index contributed by atoms with van der Waals surface area (Å²) in [5.74, 6) is 0.835. The number of H-pyrrole nitrogens is 1. The minimum atomic E-state index is 0.212. The number of hydrogen-bond acceptors (Lipinski definition) is 2. The molecular formula is C19H13ClN2O. The van der Waals surface area contributed by atoms with Gasteiger partial charge in [0.25, 0.3) is 0 Å². The van der Waals surface area contributed by atoms with E-state index < -0.39 is 0 Å². The van der Waals surface area contributed by atoms with E-state index in [1.807, 2.05) is 60.7 Å². The first-order chi connectivity index (χ1) is 11.2. The molecule has 0 amide bonds. The number of imidazole rings is 1. The SMILES string of the molecule is Oc1c(-c2ccccc2)cccc1-c1nc2ccc(Cl)cc2[nH]1. The first-order valence-corrected chi connectivity index (χ1v) is 7.63. The summed E-state index contributed by atoms with van der Waals surface area (Å²) in [7, 11) is 0. The van der Waals surface area contributed by atoms with Gasteiger partial charge in [-0.25, -0.2) is 4.98 Å². The second-order valence-corrected chi connectivity index (χ2v) is 5.75. The van der Waals surface area contributed by atoms with Crippen LogP contribution in [0.2, 0.25) is 5.02 Å². The molecule has 0 aliphatic rings. The lowest BCUT2D eigenvalue weighted by molar-refractivity contribution is 0.479. The molecular weight excluding hydrogens is 308 g/mol. The van der Waals surface area contributed by atoms with Crippen LogP contribution in [0.15, 0.2) is 66.7 Å². The van der Waals surface area contributed by atoms with Crippen molar-refractivity contribution in [3.8, 4) is 28.3 Å². The van der Waals surface area contributed by atoms with Crippen LogP contribution in [0.3, 0.4) is 0 Å². The van der Waals surface area contributed by atoms with Crippen molar-refractivity contribution in [2.24, 2.45) is 0 Å².